The van der Waals surface area contributed by atoms with Crippen molar-refractivity contribution in [3.63, 3.8) is 0 Å². The number of rotatable bonds is 4. The summed E-state index contributed by atoms with van der Waals surface area (Å²) in [6.07, 6.45) is 1.71. The Hall–Kier alpha value is -3.26. The van der Waals surface area contributed by atoms with E-state index in [1.54, 1.807) is 18.3 Å². The van der Waals surface area contributed by atoms with Crippen LogP contribution in [0.3, 0.4) is 0 Å². The Morgan fingerprint density at radius 2 is 2.15 bits per heavy atom. The van der Waals surface area contributed by atoms with E-state index >= 15 is 0 Å². The predicted octanol–water partition coefficient (Wildman–Crippen LogP) is 2.68. The molecule has 0 unspecified atom stereocenters. The van der Waals surface area contributed by atoms with E-state index in [1.807, 2.05) is 29.6 Å². The second-order valence-corrected chi connectivity index (χ2v) is 6.46. The summed E-state index contributed by atoms with van der Waals surface area (Å²) >= 11 is 1.47. The Bertz CT molecular complexity index is 987. The smallest absolute Gasteiger partial charge is 0.323 e. The van der Waals surface area contributed by atoms with Crippen LogP contribution in [0.25, 0.3) is 22.0 Å². The van der Waals surface area contributed by atoms with Gasteiger partial charge in [-0.3, -0.25) is 19.5 Å². The number of carbonyl (C=O) groups is 2. The number of carboxylic acids is 1. The van der Waals surface area contributed by atoms with Crippen molar-refractivity contribution < 1.29 is 19.4 Å². The van der Waals surface area contributed by atoms with Crippen molar-refractivity contribution in [2.24, 2.45) is 0 Å². The van der Waals surface area contributed by atoms with E-state index in [0.29, 0.717) is 11.4 Å². The van der Waals surface area contributed by atoms with Crippen LogP contribution in [-0.4, -0.2) is 40.1 Å². The number of hydrogen-bond acceptors (Lipinski definition) is 6. The van der Waals surface area contributed by atoms with Crippen LogP contribution in [0.15, 0.2) is 48.0 Å². The zero-order valence-corrected chi connectivity index (χ0v) is 14.3. The molecule has 2 aromatic heterocycles. The highest BCUT2D eigenvalue weighted by Crippen LogP contribution is 2.37. The molecule has 0 saturated carbocycles. The van der Waals surface area contributed by atoms with Gasteiger partial charge in [0.25, 0.3) is 5.91 Å². The molecule has 8 heteroatoms. The van der Waals surface area contributed by atoms with E-state index < -0.39 is 12.5 Å². The van der Waals surface area contributed by atoms with Crippen LogP contribution in [0.1, 0.15) is 0 Å². The molecule has 1 N–H and O–H groups in total. The van der Waals surface area contributed by atoms with Gasteiger partial charge in [-0.25, -0.2) is 4.98 Å². The molecule has 3 heterocycles. The number of carbonyl (C=O) groups excluding carboxylic acids is 1. The third-order valence-corrected chi connectivity index (χ3v) is 4.74. The van der Waals surface area contributed by atoms with E-state index in [4.69, 9.17) is 9.84 Å². The van der Waals surface area contributed by atoms with Gasteiger partial charge in [0.1, 0.15) is 17.3 Å². The van der Waals surface area contributed by atoms with Gasteiger partial charge in [-0.05, 0) is 30.3 Å². The Labute approximate surface area is 152 Å². The molecule has 1 aromatic carbocycles. The van der Waals surface area contributed by atoms with Crippen LogP contribution in [0, 0.1) is 0 Å². The molecule has 3 aromatic rings. The van der Waals surface area contributed by atoms with Crippen molar-refractivity contribution in [1.82, 2.24) is 9.97 Å². The number of carboxylic acid groups (broad SMARTS) is 1. The van der Waals surface area contributed by atoms with Gasteiger partial charge in [0.05, 0.1) is 17.1 Å². The summed E-state index contributed by atoms with van der Waals surface area (Å²) in [7, 11) is 0. The number of thiazole rings is 1. The van der Waals surface area contributed by atoms with E-state index in [9.17, 15) is 9.59 Å². The minimum atomic E-state index is -1.08. The second kappa shape index (κ2) is 6.57. The van der Waals surface area contributed by atoms with Crippen LogP contribution >= 0.6 is 11.3 Å². The highest BCUT2D eigenvalue weighted by molar-refractivity contribution is 7.13. The van der Waals surface area contributed by atoms with Crippen molar-refractivity contribution in [3.05, 3.63) is 48.0 Å². The van der Waals surface area contributed by atoms with E-state index in [0.717, 1.165) is 22.0 Å². The Kier molecular flexibility index (Phi) is 4.10. The molecule has 0 aliphatic carbocycles. The summed E-state index contributed by atoms with van der Waals surface area (Å²) < 4.78 is 5.40. The first-order chi connectivity index (χ1) is 12.6. The summed E-state index contributed by atoms with van der Waals surface area (Å²) in [6.45, 7) is -0.574. The first-order valence-corrected chi connectivity index (χ1v) is 8.66. The van der Waals surface area contributed by atoms with Crippen molar-refractivity contribution in [3.8, 4) is 27.7 Å². The zero-order valence-electron chi connectivity index (χ0n) is 13.5. The lowest BCUT2D eigenvalue weighted by atomic mass is 10.1. The number of anilines is 1. The maximum Gasteiger partial charge on any atom is 0.323 e. The molecule has 0 bridgehead atoms. The van der Waals surface area contributed by atoms with Crippen LogP contribution in [0.4, 0.5) is 5.69 Å². The molecule has 0 atom stereocenters. The largest absolute Gasteiger partial charge is 0.482 e. The van der Waals surface area contributed by atoms with Gasteiger partial charge in [0.2, 0.25) is 0 Å². The number of pyridine rings is 1. The molecule has 0 saturated heterocycles. The number of ether oxygens (including phenoxy) is 1. The molecule has 0 fully saturated rings. The average Bonchev–Trinajstić information content (AvgIpc) is 3.14. The monoisotopic (exact) mass is 367 g/mol. The minimum absolute atomic E-state index is 0.167. The topological polar surface area (TPSA) is 92.6 Å². The summed E-state index contributed by atoms with van der Waals surface area (Å²) in [5.74, 6) is -0.984. The number of hydrogen-bond donors (Lipinski definition) is 1. The maximum atomic E-state index is 12.0. The van der Waals surface area contributed by atoms with Gasteiger partial charge in [-0.2, -0.15) is 0 Å². The summed E-state index contributed by atoms with van der Waals surface area (Å²) in [6, 6.07) is 10.9. The third-order valence-electron chi connectivity index (χ3n) is 3.88. The first-order valence-electron chi connectivity index (χ1n) is 7.78. The second-order valence-electron chi connectivity index (χ2n) is 5.60. The van der Waals surface area contributed by atoms with Gasteiger partial charge >= 0.3 is 5.97 Å². The number of aliphatic carboxylic acids is 1. The van der Waals surface area contributed by atoms with Crippen LogP contribution in [0.5, 0.6) is 5.75 Å². The van der Waals surface area contributed by atoms with Gasteiger partial charge in [0, 0.05) is 17.1 Å². The zero-order chi connectivity index (χ0) is 18.1. The SMILES string of the molecule is O=C(O)CN1C(=O)COc2ccc(-c3csc(-c4ccccn4)n3)cc21. The van der Waals surface area contributed by atoms with Crippen LogP contribution < -0.4 is 9.64 Å². The molecule has 4 rings (SSSR count). The molecule has 26 heavy (non-hydrogen) atoms. The number of aromatic nitrogens is 2. The molecule has 1 amide bonds. The number of benzene rings is 1. The van der Waals surface area contributed by atoms with E-state index in [-0.39, 0.29) is 12.5 Å². The first kappa shape index (κ1) is 16.2. The minimum Gasteiger partial charge on any atom is -0.482 e. The Balaban J connectivity index is 1.71. The number of nitrogens with zero attached hydrogens (tertiary/aromatic N) is 3. The highest BCUT2D eigenvalue weighted by Gasteiger charge is 2.27. The van der Waals surface area contributed by atoms with E-state index in [1.165, 1.54) is 16.2 Å². The van der Waals surface area contributed by atoms with Crippen molar-refractivity contribution in [1.29, 1.82) is 0 Å². The van der Waals surface area contributed by atoms with Gasteiger partial charge in [-0.1, -0.05) is 6.07 Å². The summed E-state index contributed by atoms with van der Waals surface area (Å²) in [4.78, 5) is 33.2. The molecule has 1 aliphatic heterocycles. The molecular weight excluding hydrogens is 354 g/mol. The fourth-order valence-electron chi connectivity index (χ4n) is 2.68. The number of amides is 1. The average molecular weight is 367 g/mol. The van der Waals surface area contributed by atoms with Crippen molar-refractivity contribution in [2.75, 3.05) is 18.1 Å². The number of fused-ring (bicyclic) bond motifs is 1. The summed E-state index contributed by atoms with van der Waals surface area (Å²) in [5.41, 5.74) is 2.73. The van der Waals surface area contributed by atoms with E-state index in [2.05, 4.69) is 9.97 Å². The summed E-state index contributed by atoms with van der Waals surface area (Å²) in [5, 5.41) is 11.8. The van der Waals surface area contributed by atoms with Crippen molar-refractivity contribution in [2.45, 2.75) is 0 Å². The molecule has 0 spiro atoms. The normalized spacial score (nSPS) is 13.2. The molecular formula is C18H13N3O4S. The highest BCUT2D eigenvalue weighted by atomic mass is 32.1. The predicted molar refractivity (Wildman–Crippen MR) is 96.3 cm³/mol. The standard InChI is InChI=1S/C18H13N3O4S/c22-16-9-25-15-5-4-11(7-14(15)21(16)8-17(23)24)13-10-26-18(20-13)12-3-1-2-6-19-12/h1-7,10H,8-9H2,(H,23,24). The Morgan fingerprint density at radius 3 is 2.92 bits per heavy atom. The fourth-order valence-corrected chi connectivity index (χ4v) is 3.49. The molecule has 0 radical (unpaired) electrons. The van der Waals surface area contributed by atoms with Crippen LogP contribution in [-0.2, 0) is 9.59 Å². The lowest BCUT2D eigenvalue weighted by Gasteiger charge is -2.28. The lowest BCUT2D eigenvalue weighted by Crippen LogP contribution is -2.41. The van der Waals surface area contributed by atoms with Crippen LogP contribution in [0.2, 0.25) is 0 Å². The maximum absolute atomic E-state index is 12.0. The van der Waals surface area contributed by atoms with Gasteiger partial charge < -0.3 is 9.84 Å². The molecule has 1 aliphatic rings. The van der Waals surface area contributed by atoms with Gasteiger partial charge in [-0.15, -0.1) is 11.3 Å². The third kappa shape index (κ3) is 3.02. The van der Waals surface area contributed by atoms with Gasteiger partial charge in [0.15, 0.2) is 6.61 Å². The van der Waals surface area contributed by atoms with Crippen molar-refractivity contribution >= 4 is 28.9 Å². The lowest BCUT2D eigenvalue weighted by molar-refractivity contribution is -0.137. The molecule has 7 nitrogen and oxygen atoms in total. The molecule has 130 valence electrons. The fraction of sp³-hybridized carbons (Fsp3) is 0.111. The quantitative estimate of drug-likeness (QED) is 0.762. The Morgan fingerprint density at radius 1 is 1.27 bits per heavy atom.